The molecule has 1 heterocycles. The highest BCUT2D eigenvalue weighted by Crippen LogP contribution is 2.30. The maximum Gasteiger partial charge on any atom is 0.247 e. The van der Waals surface area contributed by atoms with Crippen molar-refractivity contribution in [3.8, 4) is 0 Å². The van der Waals surface area contributed by atoms with E-state index in [-0.39, 0.29) is 11.8 Å². The SMILES string of the molecule is NC(=O)C1OCC1c1ccccc1. The fraction of sp³-hybridized carbons (Fsp3) is 0.300. The van der Waals surface area contributed by atoms with Gasteiger partial charge in [-0.15, -0.1) is 0 Å². The molecule has 1 aliphatic rings. The van der Waals surface area contributed by atoms with E-state index in [1.807, 2.05) is 30.3 Å². The molecule has 1 aliphatic heterocycles. The number of hydrogen-bond acceptors (Lipinski definition) is 2. The number of primary amides is 1. The van der Waals surface area contributed by atoms with Crippen LogP contribution in [0.2, 0.25) is 0 Å². The number of nitrogens with two attached hydrogens (primary N) is 1. The molecule has 0 radical (unpaired) electrons. The second-order valence-corrected chi connectivity index (χ2v) is 3.17. The van der Waals surface area contributed by atoms with Crippen molar-refractivity contribution in [3.05, 3.63) is 35.9 Å². The third-order valence-electron chi connectivity index (χ3n) is 2.33. The molecular formula is C10H11NO2. The van der Waals surface area contributed by atoms with E-state index in [0.717, 1.165) is 5.56 Å². The van der Waals surface area contributed by atoms with Crippen molar-refractivity contribution in [2.75, 3.05) is 6.61 Å². The second kappa shape index (κ2) is 3.18. The van der Waals surface area contributed by atoms with Crippen LogP contribution in [0.1, 0.15) is 11.5 Å². The molecule has 3 heteroatoms. The van der Waals surface area contributed by atoms with E-state index in [1.54, 1.807) is 0 Å². The summed E-state index contributed by atoms with van der Waals surface area (Å²) in [7, 11) is 0. The van der Waals surface area contributed by atoms with Crippen molar-refractivity contribution >= 4 is 5.91 Å². The normalized spacial score (nSPS) is 26.5. The minimum atomic E-state index is -0.428. The van der Waals surface area contributed by atoms with E-state index in [2.05, 4.69) is 0 Å². The van der Waals surface area contributed by atoms with Crippen LogP contribution >= 0.6 is 0 Å². The van der Waals surface area contributed by atoms with Gasteiger partial charge in [-0.25, -0.2) is 0 Å². The Balaban J connectivity index is 2.15. The number of carbonyl (C=O) groups is 1. The van der Waals surface area contributed by atoms with Crippen molar-refractivity contribution in [3.63, 3.8) is 0 Å². The number of amides is 1. The molecule has 1 aromatic rings. The smallest absolute Gasteiger partial charge is 0.247 e. The van der Waals surface area contributed by atoms with E-state index < -0.39 is 6.10 Å². The number of hydrogen-bond donors (Lipinski definition) is 1. The molecule has 68 valence electrons. The Morgan fingerprint density at radius 3 is 2.54 bits per heavy atom. The molecule has 2 unspecified atom stereocenters. The van der Waals surface area contributed by atoms with E-state index >= 15 is 0 Å². The molecule has 2 N–H and O–H groups in total. The van der Waals surface area contributed by atoms with Crippen molar-refractivity contribution < 1.29 is 9.53 Å². The van der Waals surface area contributed by atoms with Crippen LogP contribution in [-0.2, 0) is 9.53 Å². The maximum atomic E-state index is 10.9. The first kappa shape index (κ1) is 8.26. The van der Waals surface area contributed by atoms with Crippen LogP contribution in [0.5, 0.6) is 0 Å². The highest BCUT2D eigenvalue weighted by Gasteiger charge is 2.37. The molecule has 0 spiro atoms. The summed E-state index contributed by atoms with van der Waals surface area (Å²) in [4.78, 5) is 10.9. The maximum absolute atomic E-state index is 10.9. The molecular weight excluding hydrogens is 166 g/mol. The summed E-state index contributed by atoms with van der Waals surface area (Å²) in [6.45, 7) is 0.595. The first-order valence-corrected chi connectivity index (χ1v) is 4.25. The molecule has 1 saturated heterocycles. The predicted molar refractivity (Wildman–Crippen MR) is 48.1 cm³/mol. The van der Waals surface area contributed by atoms with E-state index in [0.29, 0.717) is 6.61 Å². The predicted octanol–water partition coefficient (Wildman–Crippen LogP) is 0.654. The van der Waals surface area contributed by atoms with Gasteiger partial charge in [0.1, 0.15) is 6.10 Å². The van der Waals surface area contributed by atoms with Crippen molar-refractivity contribution in [2.24, 2.45) is 5.73 Å². The highest BCUT2D eigenvalue weighted by molar-refractivity contribution is 5.81. The monoisotopic (exact) mass is 177 g/mol. The van der Waals surface area contributed by atoms with Crippen molar-refractivity contribution in [1.82, 2.24) is 0 Å². The number of rotatable bonds is 2. The quantitative estimate of drug-likeness (QED) is 0.721. The topological polar surface area (TPSA) is 52.3 Å². The molecule has 2 rings (SSSR count). The van der Waals surface area contributed by atoms with Gasteiger partial charge in [-0.1, -0.05) is 30.3 Å². The molecule has 0 saturated carbocycles. The lowest BCUT2D eigenvalue weighted by molar-refractivity contribution is -0.146. The number of benzene rings is 1. The zero-order valence-electron chi connectivity index (χ0n) is 7.14. The first-order chi connectivity index (χ1) is 6.29. The van der Waals surface area contributed by atoms with Gasteiger partial charge in [0.2, 0.25) is 5.91 Å². The Bertz CT molecular complexity index is 310. The summed E-state index contributed by atoms with van der Waals surface area (Å²) in [5.41, 5.74) is 6.28. The lowest BCUT2D eigenvalue weighted by atomic mass is 9.89. The summed E-state index contributed by atoms with van der Waals surface area (Å²) in [5.74, 6) is -0.223. The Morgan fingerprint density at radius 2 is 2.08 bits per heavy atom. The third kappa shape index (κ3) is 1.42. The van der Waals surface area contributed by atoms with Gasteiger partial charge in [0, 0.05) is 5.92 Å². The van der Waals surface area contributed by atoms with Crippen LogP contribution in [0.4, 0.5) is 0 Å². The summed E-state index contributed by atoms with van der Waals surface area (Å²) >= 11 is 0. The van der Waals surface area contributed by atoms with Crippen LogP contribution in [0, 0.1) is 0 Å². The number of ether oxygens (including phenoxy) is 1. The van der Waals surface area contributed by atoms with Crippen LogP contribution in [0.25, 0.3) is 0 Å². The lowest BCUT2D eigenvalue weighted by Gasteiger charge is -2.34. The zero-order chi connectivity index (χ0) is 9.26. The first-order valence-electron chi connectivity index (χ1n) is 4.25. The summed E-state index contributed by atoms with van der Waals surface area (Å²) < 4.78 is 5.08. The van der Waals surface area contributed by atoms with E-state index in [1.165, 1.54) is 0 Å². The molecule has 1 amide bonds. The van der Waals surface area contributed by atoms with Crippen LogP contribution in [0.15, 0.2) is 30.3 Å². The van der Waals surface area contributed by atoms with Gasteiger partial charge in [-0.2, -0.15) is 0 Å². The van der Waals surface area contributed by atoms with Gasteiger partial charge in [-0.05, 0) is 5.56 Å². The second-order valence-electron chi connectivity index (χ2n) is 3.17. The Morgan fingerprint density at radius 1 is 1.38 bits per heavy atom. The Labute approximate surface area is 76.5 Å². The van der Waals surface area contributed by atoms with Crippen molar-refractivity contribution in [2.45, 2.75) is 12.0 Å². The largest absolute Gasteiger partial charge is 0.367 e. The molecule has 13 heavy (non-hydrogen) atoms. The van der Waals surface area contributed by atoms with Gasteiger partial charge in [0.05, 0.1) is 6.61 Å². The van der Waals surface area contributed by atoms with Crippen LogP contribution in [-0.4, -0.2) is 18.6 Å². The standard InChI is InChI=1S/C10H11NO2/c11-10(12)9-8(6-13-9)7-4-2-1-3-5-7/h1-5,8-9H,6H2,(H2,11,12). The van der Waals surface area contributed by atoms with Crippen LogP contribution in [0.3, 0.4) is 0 Å². The minimum Gasteiger partial charge on any atom is -0.367 e. The van der Waals surface area contributed by atoms with Crippen LogP contribution < -0.4 is 5.73 Å². The summed E-state index contributed by atoms with van der Waals surface area (Å²) in [6, 6.07) is 9.83. The molecule has 0 bridgehead atoms. The van der Waals surface area contributed by atoms with Gasteiger partial charge >= 0.3 is 0 Å². The molecule has 1 aromatic carbocycles. The third-order valence-corrected chi connectivity index (χ3v) is 2.33. The van der Waals surface area contributed by atoms with Gasteiger partial charge in [0.25, 0.3) is 0 Å². The van der Waals surface area contributed by atoms with Crippen molar-refractivity contribution in [1.29, 1.82) is 0 Å². The summed E-state index contributed by atoms with van der Waals surface area (Å²) in [5, 5.41) is 0. The van der Waals surface area contributed by atoms with E-state index in [4.69, 9.17) is 10.5 Å². The fourth-order valence-corrected chi connectivity index (χ4v) is 1.54. The average Bonchev–Trinajstić information content (AvgIpc) is 2.02. The molecule has 0 aliphatic carbocycles. The summed E-state index contributed by atoms with van der Waals surface area (Å²) in [6.07, 6.45) is -0.428. The Kier molecular flexibility index (Phi) is 2.02. The minimum absolute atomic E-state index is 0.152. The van der Waals surface area contributed by atoms with Gasteiger partial charge in [0.15, 0.2) is 0 Å². The molecule has 2 atom stereocenters. The molecule has 1 fully saturated rings. The average molecular weight is 177 g/mol. The molecule has 0 aromatic heterocycles. The zero-order valence-corrected chi connectivity index (χ0v) is 7.14. The number of carbonyl (C=O) groups excluding carboxylic acids is 1. The van der Waals surface area contributed by atoms with Gasteiger partial charge < -0.3 is 10.5 Å². The Hall–Kier alpha value is -1.35. The molecule has 3 nitrogen and oxygen atoms in total. The lowest BCUT2D eigenvalue weighted by Crippen LogP contribution is -2.47. The van der Waals surface area contributed by atoms with E-state index in [9.17, 15) is 4.79 Å². The van der Waals surface area contributed by atoms with Gasteiger partial charge in [-0.3, -0.25) is 4.79 Å². The fourth-order valence-electron chi connectivity index (χ4n) is 1.54. The highest BCUT2D eigenvalue weighted by atomic mass is 16.5.